The monoisotopic (exact) mass is 279 g/mol. The van der Waals surface area contributed by atoms with E-state index in [4.69, 9.17) is 14.7 Å². The minimum Gasteiger partial charge on any atom is -0.507 e. The first-order chi connectivity index (χ1) is 10.3. The average Bonchev–Trinajstić information content (AvgIpc) is 2.53. The molecule has 0 atom stereocenters. The number of aromatic hydroxyl groups is 1. The van der Waals surface area contributed by atoms with E-state index in [-0.39, 0.29) is 12.4 Å². The molecular weight excluding hydrogens is 266 g/mol. The second kappa shape index (κ2) is 5.59. The molecule has 1 aliphatic heterocycles. The number of allylic oxidation sites excluding steroid dienone is 1. The van der Waals surface area contributed by atoms with Crippen molar-refractivity contribution in [2.75, 3.05) is 6.61 Å². The molecule has 1 N–H and O–H groups in total. The number of hydrogen-bond acceptors (Lipinski definition) is 4. The van der Waals surface area contributed by atoms with Crippen LogP contribution in [0.25, 0.3) is 5.76 Å². The highest BCUT2D eigenvalue weighted by atomic mass is 16.5. The highest BCUT2D eigenvalue weighted by Crippen LogP contribution is 2.39. The molecule has 0 bridgehead atoms. The van der Waals surface area contributed by atoms with Crippen LogP contribution in [0.4, 0.5) is 0 Å². The Morgan fingerprint density at radius 3 is 2.81 bits per heavy atom. The third kappa shape index (κ3) is 2.67. The maximum Gasteiger partial charge on any atom is 0.174 e. The fourth-order valence-corrected chi connectivity index (χ4v) is 2.24. The standard InChI is InChI=1S/C17H13NO3/c18-8-9-20-13-10-15(19)14-6-7-16(21-17(14)11-13)12-4-2-1-3-5-12/h1-5,7,10-11,19H,6,9H2. The lowest BCUT2D eigenvalue weighted by Gasteiger charge is -2.20. The lowest BCUT2D eigenvalue weighted by Crippen LogP contribution is -2.05. The number of nitriles is 1. The molecule has 4 heteroatoms. The summed E-state index contributed by atoms with van der Waals surface area (Å²) in [6.07, 6.45) is 2.52. The van der Waals surface area contributed by atoms with Crippen LogP contribution in [0.5, 0.6) is 17.2 Å². The van der Waals surface area contributed by atoms with E-state index in [1.54, 1.807) is 6.07 Å². The fraction of sp³-hybridized carbons (Fsp3) is 0.118. The zero-order valence-electron chi connectivity index (χ0n) is 11.2. The lowest BCUT2D eigenvalue weighted by molar-refractivity contribution is 0.360. The fourth-order valence-electron chi connectivity index (χ4n) is 2.24. The van der Waals surface area contributed by atoms with Crippen LogP contribution in [0.15, 0.2) is 48.5 Å². The first-order valence-electron chi connectivity index (χ1n) is 6.57. The molecule has 4 nitrogen and oxygen atoms in total. The van der Waals surface area contributed by atoms with Crippen molar-refractivity contribution in [2.45, 2.75) is 6.42 Å². The number of benzene rings is 2. The molecule has 21 heavy (non-hydrogen) atoms. The third-order valence-electron chi connectivity index (χ3n) is 3.23. The van der Waals surface area contributed by atoms with E-state index in [9.17, 15) is 5.11 Å². The Morgan fingerprint density at radius 1 is 1.24 bits per heavy atom. The maximum atomic E-state index is 10.0. The second-order valence-electron chi connectivity index (χ2n) is 4.61. The Bertz CT molecular complexity index is 730. The Morgan fingerprint density at radius 2 is 2.05 bits per heavy atom. The number of fused-ring (bicyclic) bond motifs is 1. The molecule has 0 aromatic heterocycles. The Balaban J connectivity index is 1.91. The summed E-state index contributed by atoms with van der Waals surface area (Å²) in [6, 6.07) is 14.9. The molecule has 104 valence electrons. The van der Waals surface area contributed by atoms with Crippen molar-refractivity contribution >= 4 is 5.76 Å². The van der Waals surface area contributed by atoms with E-state index in [1.165, 1.54) is 6.07 Å². The van der Waals surface area contributed by atoms with Crippen LogP contribution in [-0.2, 0) is 6.42 Å². The van der Waals surface area contributed by atoms with Gasteiger partial charge in [-0.3, -0.25) is 0 Å². The van der Waals surface area contributed by atoms with E-state index in [1.807, 2.05) is 42.5 Å². The van der Waals surface area contributed by atoms with Gasteiger partial charge in [0.05, 0.1) is 0 Å². The van der Waals surface area contributed by atoms with Crippen LogP contribution < -0.4 is 9.47 Å². The zero-order valence-corrected chi connectivity index (χ0v) is 11.2. The van der Waals surface area contributed by atoms with Crippen LogP contribution in [0, 0.1) is 11.3 Å². The first-order valence-corrected chi connectivity index (χ1v) is 6.57. The smallest absolute Gasteiger partial charge is 0.174 e. The van der Waals surface area contributed by atoms with Crippen molar-refractivity contribution in [1.29, 1.82) is 5.26 Å². The van der Waals surface area contributed by atoms with Gasteiger partial charge in [0.25, 0.3) is 0 Å². The van der Waals surface area contributed by atoms with E-state index in [0.29, 0.717) is 17.9 Å². The molecule has 0 amide bonds. The molecule has 0 aliphatic carbocycles. The maximum absolute atomic E-state index is 10.0. The topological polar surface area (TPSA) is 62.5 Å². The number of nitrogens with zero attached hydrogens (tertiary/aromatic N) is 1. The van der Waals surface area contributed by atoms with Gasteiger partial charge >= 0.3 is 0 Å². The summed E-state index contributed by atoms with van der Waals surface area (Å²) >= 11 is 0. The van der Waals surface area contributed by atoms with E-state index in [2.05, 4.69) is 0 Å². The van der Waals surface area contributed by atoms with Crippen molar-refractivity contribution in [2.24, 2.45) is 0 Å². The van der Waals surface area contributed by atoms with Crippen LogP contribution >= 0.6 is 0 Å². The van der Waals surface area contributed by atoms with Gasteiger partial charge < -0.3 is 14.6 Å². The van der Waals surface area contributed by atoms with Gasteiger partial charge in [0.15, 0.2) is 6.61 Å². The molecule has 1 aliphatic rings. The molecule has 0 saturated heterocycles. The zero-order chi connectivity index (χ0) is 14.7. The Hall–Kier alpha value is -2.93. The van der Waals surface area contributed by atoms with Crippen molar-refractivity contribution < 1.29 is 14.6 Å². The average molecular weight is 279 g/mol. The highest BCUT2D eigenvalue weighted by molar-refractivity contribution is 5.67. The van der Waals surface area contributed by atoms with Gasteiger partial charge in [-0.25, -0.2) is 0 Å². The number of phenolic OH excluding ortho intramolecular Hbond substituents is 1. The number of rotatable bonds is 3. The molecule has 3 rings (SSSR count). The molecule has 2 aromatic carbocycles. The number of hydrogen-bond donors (Lipinski definition) is 1. The first kappa shape index (κ1) is 13.1. The summed E-state index contributed by atoms with van der Waals surface area (Å²) in [4.78, 5) is 0. The van der Waals surface area contributed by atoms with E-state index >= 15 is 0 Å². The van der Waals surface area contributed by atoms with Crippen molar-refractivity contribution in [3.63, 3.8) is 0 Å². The summed E-state index contributed by atoms with van der Waals surface area (Å²) in [7, 11) is 0. The molecule has 0 radical (unpaired) electrons. The van der Waals surface area contributed by atoms with Crippen LogP contribution in [0.3, 0.4) is 0 Å². The van der Waals surface area contributed by atoms with Gasteiger partial charge in [-0.1, -0.05) is 30.3 Å². The molecule has 0 spiro atoms. The quantitative estimate of drug-likeness (QED) is 0.936. The predicted molar refractivity (Wildman–Crippen MR) is 78.0 cm³/mol. The van der Waals surface area contributed by atoms with Gasteiger partial charge in [0, 0.05) is 29.7 Å². The van der Waals surface area contributed by atoms with E-state index in [0.717, 1.165) is 16.9 Å². The normalized spacial score (nSPS) is 12.6. The van der Waals surface area contributed by atoms with Crippen molar-refractivity contribution in [3.8, 4) is 23.3 Å². The molecule has 0 unspecified atom stereocenters. The lowest BCUT2D eigenvalue weighted by atomic mass is 10.0. The summed E-state index contributed by atoms with van der Waals surface area (Å²) in [5.41, 5.74) is 1.70. The van der Waals surface area contributed by atoms with Crippen LogP contribution in [0.1, 0.15) is 11.1 Å². The molecular formula is C17H13NO3. The summed E-state index contributed by atoms with van der Waals surface area (Å²) in [5.74, 6) is 1.84. The van der Waals surface area contributed by atoms with E-state index < -0.39 is 0 Å². The van der Waals surface area contributed by atoms with Gasteiger partial charge in [-0.05, 0) is 6.08 Å². The molecule has 0 saturated carbocycles. The third-order valence-corrected chi connectivity index (χ3v) is 3.23. The summed E-state index contributed by atoms with van der Waals surface area (Å²) in [5, 5.41) is 18.6. The Labute approximate surface area is 122 Å². The highest BCUT2D eigenvalue weighted by Gasteiger charge is 2.18. The number of phenols is 1. The molecule has 1 heterocycles. The minimum absolute atomic E-state index is 0.0698. The van der Waals surface area contributed by atoms with Crippen molar-refractivity contribution in [3.05, 3.63) is 59.7 Å². The second-order valence-corrected chi connectivity index (χ2v) is 4.61. The van der Waals surface area contributed by atoms with Gasteiger partial charge in [0.1, 0.15) is 29.1 Å². The molecule has 0 fully saturated rings. The molecule has 2 aromatic rings. The summed E-state index contributed by atoms with van der Waals surface area (Å²) < 4.78 is 11.1. The van der Waals surface area contributed by atoms with Gasteiger partial charge in [-0.15, -0.1) is 0 Å². The van der Waals surface area contributed by atoms with Crippen LogP contribution in [-0.4, -0.2) is 11.7 Å². The predicted octanol–water partition coefficient (Wildman–Crippen LogP) is 3.27. The minimum atomic E-state index is -0.0698. The van der Waals surface area contributed by atoms with Gasteiger partial charge in [-0.2, -0.15) is 5.26 Å². The SMILES string of the molecule is N#CCOc1cc(O)c2c(c1)OC(c1ccccc1)=CC2. The Kier molecular flexibility index (Phi) is 3.48. The number of ether oxygens (including phenoxy) is 2. The van der Waals surface area contributed by atoms with Crippen molar-refractivity contribution in [1.82, 2.24) is 0 Å². The van der Waals surface area contributed by atoms with Gasteiger partial charge in [0.2, 0.25) is 0 Å². The van der Waals surface area contributed by atoms with Crippen LogP contribution in [0.2, 0.25) is 0 Å². The largest absolute Gasteiger partial charge is 0.507 e. The summed E-state index contributed by atoms with van der Waals surface area (Å²) in [6.45, 7) is -0.0698.